The van der Waals surface area contributed by atoms with Gasteiger partial charge in [-0.3, -0.25) is 4.98 Å². The number of hydrogen-bond acceptors (Lipinski definition) is 4. The summed E-state index contributed by atoms with van der Waals surface area (Å²) in [6.07, 6.45) is 1.37. The summed E-state index contributed by atoms with van der Waals surface area (Å²) >= 11 is 0. The molecule has 0 radical (unpaired) electrons. The molecule has 110 valence electrons. The highest BCUT2D eigenvalue weighted by Crippen LogP contribution is 2.30. The van der Waals surface area contributed by atoms with Crippen molar-refractivity contribution in [1.82, 2.24) is 4.98 Å². The van der Waals surface area contributed by atoms with Gasteiger partial charge in [0, 0.05) is 23.3 Å². The molecule has 0 aliphatic heterocycles. The van der Waals surface area contributed by atoms with Gasteiger partial charge in [0.2, 0.25) is 0 Å². The predicted molar refractivity (Wildman–Crippen MR) is 85.0 cm³/mol. The number of aromatic carboxylic acids is 1. The van der Waals surface area contributed by atoms with E-state index in [1.807, 2.05) is 42.5 Å². The second-order valence-corrected chi connectivity index (χ2v) is 4.73. The van der Waals surface area contributed by atoms with Gasteiger partial charge in [-0.25, -0.2) is 4.79 Å². The molecule has 1 heterocycles. The summed E-state index contributed by atoms with van der Waals surface area (Å²) in [5, 5.41) is 13.3. The zero-order valence-electron chi connectivity index (χ0n) is 11.9. The summed E-state index contributed by atoms with van der Waals surface area (Å²) in [4.78, 5) is 15.7. The topological polar surface area (TPSA) is 71.5 Å². The van der Waals surface area contributed by atoms with E-state index in [9.17, 15) is 9.90 Å². The summed E-state index contributed by atoms with van der Waals surface area (Å²) in [6.45, 7) is 0. The Hall–Kier alpha value is -3.08. The molecule has 1 aromatic heterocycles. The first-order chi connectivity index (χ1) is 10.7. The third kappa shape index (κ3) is 2.56. The van der Waals surface area contributed by atoms with Crippen LogP contribution in [0.5, 0.6) is 5.75 Å². The predicted octanol–water partition coefficient (Wildman–Crippen LogP) is 3.69. The van der Waals surface area contributed by atoms with Gasteiger partial charge in [0.25, 0.3) is 0 Å². The lowest BCUT2D eigenvalue weighted by molar-refractivity contribution is 0.0697. The van der Waals surface area contributed by atoms with Crippen molar-refractivity contribution in [2.24, 2.45) is 0 Å². The quantitative estimate of drug-likeness (QED) is 0.768. The number of carbonyl (C=O) groups is 1. The van der Waals surface area contributed by atoms with Gasteiger partial charge in [-0.1, -0.05) is 24.3 Å². The Labute approximate surface area is 127 Å². The van der Waals surface area contributed by atoms with Crippen LogP contribution in [0.15, 0.2) is 54.7 Å². The van der Waals surface area contributed by atoms with E-state index < -0.39 is 5.97 Å². The molecule has 0 saturated heterocycles. The van der Waals surface area contributed by atoms with Crippen molar-refractivity contribution in [2.75, 3.05) is 12.4 Å². The molecule has 22 heavy (non-hydrogen) atoms. The van der Waals surface area contributed by atoms with E-state index in [0.29, 0.717) is 11.4 Å². The Balaban J connectivity index is 2.15. The van der Waals surface area contributed by atoms with Crippen LogP contribution in [-0.2, 0) is 0 Å². The van der Waals surface area contributed by atoms with E-state index >= 15 is 0 Å². The molecule has 0 spiro atoms. The first kappa shape index (κ1) is 13.9. The van der Waals surface area contributed by atoms with Crippen LogP contribution in [0.2, 0.25) is 0 Å². The Bertz CT molecular complexity index is 846. The smallest absolute Gasteiger partial charge is 0.339 e. The summed E-state index contributed by atoms with van der Waals surface area (Å²) in [6, 6.07) is 14.7. The molecular weight excluding hydrogens is 280 g/mol. The largest absolute Gasteiger partial charge is 0.497 e. The average molecular weight is 294 g/mol. The van der Waals surface area contributed by atoms with Gasteiger partial charge in [0.05, 0.1) is 18.3 Å². The first-order valence-corrected chi connectivity index (χ1v) is 6.71. The maximum atomic E-state index is 11.5. The molecule has 0 amide bonds. The van der Waals surface area contributed by atoms with Gasteiger partial charge in [-0.05, 0) is 18.2 Å². The fourth-order valence-electron chi connectivity index (χ4n) is 2.28. The van der Waals surface area contributed by atoms with Gasteiger partial charge in [0.1, 0.15) is 11.3 Å². The second kappa shape index (κ2) is 5.73. The minimum atomic E-state index is -1.02. The van der Waals surface area contributed by atoms with Gasteiger partial charge < -0.3 is 15.2 Å². The van der Waals surface area contributed by atoms with Gasteiger partial charge in [-0.15, -0.1) is 0 Å². The van der Waals surface area contributed by atoms with E-state index in [0.717, 1.165) is 16.6 Å². The third-order valence-electron chi connectivity index (χ3n) is 3.34. The lowest BCUT2D eigenvalue weighted by Gasteiger charge is -2.13. The number of hydrogen-bond donors (Lipinski definition) is 2. The minimum absolute atomic E-state index is 0.126. The van der Waals surface area contributed by atoms with Gasteiger partial charge >= 0.3 is 5.97 Å². The van der Waals surface area contributed by atoms with Gasteiger partial charge in [0.15, 0.2) is 0 Å². The normalized spacial score (nSPS) is 10.4. The van der Waals surface area contributed by atoms with Gasteiger partial charge in [-0.2, -0.15) is 0 Å². The molecular formula is C17H14N2O3. The van der Waals surface area contributed by atoms with Crippen molar-refractivity contribution in [2.45, 2.75) is 0 Å². The van der Waals surface area contributed by atoms with Crippen LogP contribution >= 0.6 is 0 Å². The number of benzene rings is 2. The number of carboxylic acid groups (broad SMARTS) is 1. The van der Waals surface area contributed by atoms with Crippen molar-refractivity contribution in [1.29, 1.82) is 0 Å². The number of nitrogens with one attached hydrogen (secondary N) is 1. The zero-order valence-corrected chi connectivity index (χ0v) is 11.9. The number of aromatic nitrogens is 1. The summed E-state index contributed by atoms with van der Waals surface area (Å²) in [5.41, 5.74) is 2.13. The Morgan fingerprint density at radius 2 is 2.00 bits per heavy atom. The molecule has 0 unspecified atom stereocenters. The van der Waals surface area contributed by atoms with E-state index in [4.69, 9.17) is 4.74 Å². The highest BCUT2D eigenvalue weighted by atomic mass is 16.5. The van der Waals surface area contributed by atoms with Crippen LogP contribution in [0.4, 0.5) is 11.4 Å². The molecule has 5 nitrogen and oxygen atoms in total. The molecule has 0 atom stereocenters. The maximum Gasteiger partial charge on any atom is 0.339 e. The van der Waals surface area contributed by atoms with Crippen LogP contribution in [0.25, 0.3) is 10.9 Å². The summed E-state index contributed by atoms with van der Waals surface area (Å²) in [7, 11) is 1.59. The van der Waals surface area contributed by atoms with Crippen molar-refractivity contribution in [3.8, 4) is 5.75 Å². The highest BCUT2D eigenvalue weighted by molar-refractivity contribution is 6.05. The van der Waals surface area contributed by atoms with Crippen molar-refractivity contribution in [3.63, 3.8) is 0 Å². The molecule has 2 N–H and O–H groups in total. The number of ether oxygens (including phenoxy) is 1. The monoisotopic (exact) mass is 294 g/mol. The Morgan fingerprint density at radius 3 is 2.77 bits per heavy atom. The Kier molecular flexibility index (Phi) is 3.62. The summed E-state index contributed by atoms with van der Waals surface area (Å²) in [5.74, 6) is -0.330. The standard InChI is InChI=1S/C17H14N2O3/c1-22-12-6-4-5-11(9-12)19-16-13-7-2-3-8-15(13)18-10-14(16)17(20)21/h2-10H,1H3,(H,18,19)(H,20,21). The Morgan fingerprint density at radius 1 is 1.18 bits per heavy atom. The number of para-hydroxylation sites is 1. The number of pyridine rings is 1. The molecule has 0 bridgehead atoms. The third-order valence-corrected chi connectivity index (χ3v) is 3.34. The van der Waals surface area contributed by atoms with E-state index in [2.05, 4.69) is 10.3 Å². The average Bonchev–Trinajstić information content (AvgIpc) is 2.55. The maximum absolute atomic E-state index is 11.5. The van der Waals surface area contributed by atoms with Crippen LogP contribution in [-0.4, -0.2) is 23.2 Å². The number of fused-ring (bicyclic) bond motifs is 1. The van der Waals surface area contributed by atoms with E-state index in [1.54, 1.807) is 13.2 Å². The minimum Gasteiger partial charge on any atom is -0.497 e. The molecule has 0 saturated carbocycles. The van der Waals surface area contributed by atoms with Crippen molar-refractivity contribution < 1.29 is 14.6 Å². The number of anilines is 2. The molecule has 3 rings (SSSR count). The van der Waals surface area contributed by atoms with Crippen LogP contribution < -0.4 is 10.1 Å². The zero-order chi connectivity index (χ0) is 15.5. The number of methoxy groups -OCH3 is 1. The fourth-order valence-corrected chi connectivity index (χ4v) is 2.28. The second-order valence-electron chi connectivity index (χ2n) is 4.73. The lowest BCUT2D eigenvalue weighted by atomic mass is 10.1. The molecule has 0 fully saturated rings. The highest BCUT2D eigenvalue weighted by Gasteiger charge is 2.14. The molecule has 2 aromatic carbocycles. The molecule has 5 heteroatoms. The SMILES string of the molecule is COc1cccc(Nc2c(C(=O)O)cnc3ccccc23)c1. The van der Waals surface area contributed by atoms with Crippen molar-refractivity contribution >= 4 is 28.2 Å². The van der Waals surface area contributed by atoms with Crippen LogP contribution in [0, 0.1) is 0 Å². The number of carboxylic acids is 1. The number of rotatable bonds is 4. The lowest BCUT2D eigenvalue weighted by Crippen LogP contribution is -2.04. The fraction of sp³-hybridized carbons (Fsp3) is 0.0588. The van der Waals surface area contributed by atoms with E-state index in [-0.39, 0.29) is 5.56 Å². The molecule has 0 aliphatic rings. The molecule has 3 aromatic rings. The van der Waals surface area contributed by atoms with Crippen LogP contribution in [0.1, 0.15) is 10.4 Å². The van der Waals surface area contributed by atoms with Crippen LogP contribution in [0.3, 0.4) is 0 Å². The van der Waals surface area contributed by atoms with Crippen molar-refractivity contribution in [3.05, 3.63) is 60.3 Å². The summed E-state index contributed by atoms with van der Waals surface area (Å²) < 4.78 is 5.19. The van der Waals surface area contributed by atoms with E-state index in [1.165, 1.54) is 6.20 Å². The first-order valence-electron chi connectivity index (χ1n) is 6.71. The molecule has 0 aliphatic carbocycles. The number of nitrogens with zero attached hydrogens (tertiary/aromatic N) is 1.